The van der Waals surface area contributed by atoms with Crippen LogP contribution in [-0.2, 0) is 9.31 Å². The summed E-state index contributed by atoms with van der Waals surface area (Å²) in [5.41, 5.74) is -1.24. The van der Waals surface area contributed by atoms with Gasteiger partial charge in [0.25, 0.3) is 0 Å². The van der Waals surface area contributed by atoms with Crippen LogP contribution in [0.2, 0.25) is 0 Å². The van der Waals surface area contributed by atoms with Crippen molar-refractivity contribution in [1.82, 2.24) is 0 Å². The molecule has 0 aromatic carbocycles. The van der Waals surface area contributed by atoms with Crippen molar-refractivity contribution in [2.75, 3.05) is 0 Å². The van der Waals surface area contributed by atoms with Gasteiger partial charge in [-0.05, 0) is 40.0 Å². The normalized spacial score (nSPS) is 24.4. The molecule has 4 heteroatoms. The average Bonchev–Trinajstić information content (AvgIpc) is 2.45. The van der Waals surface area contributed by atoms with E-state index in [-0.39, 0.29) is 5.73 Å². The largest absolute Gasteiger partial charge is 0.524 e. The lowest BCUT2D eigenvalue weighted by atomic mass is 9.86. The van der Waals surface area contributed by atoms with Crippen molar-refractivity contribution >= 4 is 7.12 Å². The van der Waals surface area contributed by atoms with E-state index in [0.717, 1.165) is 19.3 Å². The van der Waals surface area contributed by atoms with Crippen molar-refractivity contribution < 1.29 is 13.7 Å². The highest BCUT2D eigenvalue weighted by molar-refractivity contribution is 6.53. The molecule has 1 atom stereocenters. The summed E-state index contributed by atoms with van der Waals surface area (Å²) in [5.74, 6) is 0.503. The second-order valence-corrected chi connectivity index (χ2v) is 6.31. The van der Waals surface area contributed by atoms with Gasteiger partial charge in [0.05, 0.1) is 11.2 Å². The molecule has 104 valence electrons. The summed E-state index contributed by atoms with van der Waals surface area (Å²) in [5, 5.41) is 0. The van der Waals surface area contributed by atoms with Crippen molar-refractivity contribution in [3.63, 3.8) is 0 Å². The summed E-state index contributed by atoms with van der Waals surface area (Å²) < 4.78 is 25.3. The molecule has 1 saturated heterocycles. The van der Waals surface area contributed by atoms with Gasteiger partial charge in [-0.2, -0.15) is 0 Å². The van der Waals surface area contributed by atoms with Gasteiger partial charge in [-0.15, -0.1) is 0 Å². The standard InChI is InChI=1S/C14H26BFO2/c1-7-8-11(2)9-10-12(16)15-17-13(3,4)14(5,6)18-15/h10-11H,7-9H2,1-6H3. The Morgan fingerprint density at radius 3 is 2.17 bits per heavy atom. The number of halogens is 1. The van der Waals surface area contributed by atoms with Gasteiger partial charge in [-0.3, -0.25) is 0 Å². The molecule has 0 aromatic rings. The van der Waals surface area contributed by atoms with Gasteiger partial charge >= 0.3 is 7.12 Å². The van der Waals surface area contributed by atoms with E-state index in [1.54, 1.807) is 6.08 Å². The van der Waals surface area contributed by atoms with E-state index in [2.05, 4.69) is 13.8 Å². The van der Waals surface area contributed by atoms with Gasteiger partial charge in [-0.1, -0.05) is 32.8 Å². The summed E-state index contributed by atoms with van der Waals surface area (Å²) in [6.07, 6.45) is 4.60. The molecule has 18 heavy (non-hydrogen) atoms. The summed E-state index contributed by atoms with van der Waals surface area (Å²) in [4.78, 5) is 0. The van der Waals surface area contributed by atoms with E-state index >= 15 is 0 Å². The molecule has 0 saturated carbocycles. The van der Waals surface area contributed by atoms with Crippen LogP contribution >= 0.6 is 0 Å². The third-order valence-electron chi connectivity index (χ3n) is 3.98. The Labute approximate surface area is 111 Å². The predicted octanol–water partition coefficient (Wildman–Crippen LogP) is 4.30. The Bertz CT molecular complexity index is 297. The highest BCUT2D eigenvalue weighted by Crippen LogP contribution is 2.38. The Morgan fingerprint density at radius 1 is 1.22 bits per heavy atom. The Balaban J connectivity index is 2.59. The zero-order chi connectivity index (χ0) is 14.0. The number of allylic oxidation sites excluding steroid dienone is 1. The number of hydrogen-bond acceptors (Lipinski definition) is 2. The van der Waals surface area contributed by atoms with E-state index in [1.165, 1.54) is 0 Å². The summed E-state index contributed by atoms with van der Waals surface area (Å²) in [6, 6.07) is 0. The maximum Gasteiger partial charge on any atom is 0.524 e. The molecule has 0 aromatic heterocycles. The minimum Gasteiger partial charge on any atom is -0.398 e. The lowest BCUT2D eigenvalue weighted by Gasteiger charge is -2.32. The van der Waals surface area contributed by atoms with Crippen LogP contribution in [0.1, 0.15) is 60.8 Å². The van der Waals surface area contributed by atoms with E-state index in [4.69, 9.17) is 9.31 Å². The van der Waals surface area contributed by atoms with Gasteiger partial charge in [-0.25, -0.2) is 4.39 Å². The van der Waals surface area contributed by atoms with E-state index in [9.17, 15) is 4.39 Å². The topological polar surface area (TPSA) is 18.5 Å². The van der Waals surface area contributed by atoms with Crippen LogP contribution in [0.15, 0.2) is 11.8 Å². The molecule has 0 spiro atoms. The Morgan fingerprint density at radius 2 is 1.72 bits per heavy atom. The molecule has 0 N–H and O–H groups in total. The highest BCUT2D eigenvalue weighted by atomic mass is 19.1. The molecule has 1 unspecified atom stereocenters. The number of hydrogen-bond donors (Lipinski definition) is 0. The van der Waals surface area contributed by atoms with Gasteiger partial charge in [0.1, 0.15) is 5.73 Å². The van der Waals surface area contributed by atoms with Crippen LogP contribution in [0.25, 0.3) is 0 Å². The lowest BCUT2D eigenvalue weighted by Crippen LogP contribution is -2.41. The fourth-order valence-corrected chi connectivity index (χ4v) is 1.98. The third-order valence-corrected chi connectivity index (χ3v) is 3.98. The minimum atomic E-state index is -0.844. The van der Waals surface area contributed by atoms with Crippen LogP contribution < -0.4 is 0 Å². The first-order valence-corrected chi connectivity index (χ1v) is 6.91. The van der Waals surface area contributed by atoms with Crippen molar-refractivity contribution in [2.24, 2.45) is 5.92 Å². The summed E-state index contributed by atoms with van der Waals surface area (Å²) in [7, 11) is -0.844. The van der Waals surface area contributed by atoms with Gasteiger partial charge in [0.2, 0.25) is 0 Å². The fraction of sp³-hybridized carbons (Fsp3) is 0.857. The second-order valence-electron chi connectivity index (χ2n) is 6.31. The first-order valence-electron chi connectivity index (χ1n) is 6.91. The highest BCUT2D eigenvalue weighted by Gasteiger charge is 2.52. The van der Waals surface area contributed by atoms with Crippen LogP contribution in [0.3, 0.4) is 0 Å². The van der Waals surface area contributed by atoms with Crippen molar-refractivity contribution in [3.8, 4) is 0 Å². The predicted molar refractivity (Wildman–Crippen MR) is 74.0 cm³/mol. The molecule has 1 rings (SSSR count). The van der Waals surface area contributed by atoms with Crippen LogP contribution in [0.5, 0.6) is 0 Å². The number of rotatable bonds is 5. The molecule has 1 heterocycles. The van der Waals surface area contributed by atoms with Crippen LogP contribution in [-0.4, -0.2) is 18.3 Å². The smallest absolute Gasteiger partial charge is 0.398 e. The average molecular weight is 256 g/mol. The van der Waals surface area contributed by atoms with Crippen molar-refractivity contribution in [3.05, 3.63) is 11.8 Å². The van der Waals surface area contributed by atoms with Crippen molar-refractivity contribution in [1.29, 1.82) is 0 Å². The Hall–Kier alpha value is -0.345. The molecule has 0 radical (unpaired) electrons. The van der Waals surface area contributed by atoms with E-state index in [1.807, 2.05) is 27.7 Å². The molecule has 1 fully saturated rings. The second kappa shape index (κ2) is 5.75. The fourth-order valence-electron chi connectivity index (χ4n) is 1.98. The molecule has 1 aliphatic rings. The maximum absolute atomic E-state index is 14.0. The molecular weight excluding hydrogens is 230 g/mol. The molecule has 1 aliphatic heterocycles. The Kier molecular flexibility index (Phi) is 5.01. The first kappa shape index (κ1) is 15.7. The molecule has 0 bridgehead atoms. The van der Waals surface area contributed by atoms with Gasteiger partial charge in [0.15, 0.2) is 0 Å². The lowest BCUT2D eigenvalue weighted by molar-refractivity contribution is 0.00578. The zero-order valence-corrected chi connectivity index (χ0v) is 12.5. The summed E-state index contributed by atoms with van der Waals surface area (Å²) >= 11 is 0. The van der Waals surface area contributed by atoms with E-state index < -0.39 is 18.3 Å². The van der Waals surface area contributed by atoms with Crippen LogP contribution in [0.4, 0.5) is 4.39 Å². The first-order chi connectivity index (χ1) is 8.19. The molecule has 2 nitrogen and oxygen atoms in total. The quantitative estimate of drug-likeness (QED) is 0.683. The maximum atomic E-state index is 14.0. The summed E-state index contributed by atoms with van der Waals surface area (Å²) in [6.45, 7) is 12.0. The third kappa shape index (κ3) is 3.58. The van der Waals surface area contributed by atoms with E-state index in [0.29, 0.717) is 5.92 Å². The van der Waals surface area contributed by atoms with Crippen molar-refractivity contribution in [2.45, 2.75) is 72.0 Å². The zero-order valence-electron chi connectivity index (χ0n) is 12.5. The van der Waals surface area contributed by atoms with Crippen LogP contribution in [0, 0.1) is 5.92 Å². The molecule has 0 aliphatic carbocycles. The van der Waals surface area contributed by atoms with Gasteiger partial charge in [0, 0.05) is 0 Å². The molecule has 0 amide bonds. The monoisotopic (exact) mass is 256 g/mol. The minimum absolute atomic E-state index is 0.295. The van der Waals surface area contributed by atoms with Gasteiger partial charge < -0.3 is 9.31 Å². The SMILES string of the molecule is CCCC(C)CC=C(F)B1OC(C)(C)C(C)(C)O1. The molecular formula is C14H26BFO2.